The van der Waals surface area contributed by atoms with Gasteiger partial charge in [-0.15, -0.1) is 0 Å². The molecule has 2 heterocycles. The standard InChI is InChI=1S/C17H17N3O3S/c21-17-12-14(19-16-8-4-5-10-20(16)17)13-18-9-11-24(22,23)15-6-2-1-3-7-15/h1-8,10,12,18H,9,11,13H2. The van der Waals surface area contributed by atoms with Crippen LogP contribution in [0.3, 0.4) is 0 Å². The van der Waals surface area contributed by atoms with Crippen molar-refractivity contribution in [3.05, 3.63) is 76.8 Å². The third-order valence-electron chi connectivity index (χ3n) is 3.58. The Morgan fingerprint density at radius 1 is 1.04 bits per heavy atom. The van der Waals surface area contributed by atoms with Crippen LogP contribution in [0.4, 0.5) is 0 Å². The zero-order chi connectivity index (χ0) is 17.0. The lowest BCUT2D eigenvalue weighted by atomic mass is 10.3. The molecule has 0 aliphatic carbocycles. The zero-order valence-corrected chi connectivity index (χ0v) is 13.7. The minimum absolute atomic E-state index is 0.0103. The van der Waals surface area contributed by atoms with Gasteiger partial charge in [-0.2, -0.15) is 0 Å². The maximum Gasteiger partial charge on any atom is 0.258 e. The lowest BCUT2D eigenvalue weighted by molar-refractivity contribution is 0.590. The minimum atomic E-state index is -3.31. The summed E-state index contributed by atoms with van der Waals surface area (Å²) in [4.78, 5) is 16.7. The number of hydrogen-bond donors (Lipinski definition) is 1. The van der Waals surface area contributed by atoms with Gasteiger partial charge in [0.15, 0.2) is 9.84 Å². The van der Waals surface area contributed by atoms with Crippen molar-refractivity contribution in [1.82, 2.24) is 14.7 Å². The van der Waals surface area contributed by atoms with Crippen molar-refractivity contribution < 1.29 is 8.42 Å². The fourth-order valence-electron chi connectivity index (χ4n) is 2.36. The van der Waals surface area contributed by atoms with Crippen molar-refractivity contribution in [3.63, 3.8) is 0 Å². The molecule has 7 heteroatoms. The highest BCUT2D eigenvalue weighted by Crippen LogP contribution is 2.09. The maximum atomic E-state index is 12.2. The van der Waals surface area contributed by atoms with Gasteiger partial charge in [0.25, 0.3) is 5.56 Å². The largest absolute Gasteiger partial charge is 0.310 e. The Morgan fingerprint density at radius 2 is 1.79 bits per heavy atom. The topological polar surface area (TPSA) is 80.5 Å². The van der Waals surface area contributed by atoms with Gasteiger partial charge in [-0.1, -0.05) is 24.3 Å². The van der Waals surface area contributed by atoms with Gasteiger partial charge in [0, 0.05) is 25.4 Å². The van der Waals surface area contributed by atoms with Crippen molar-refractivity contribution in [2.24, 2.45) is 0 Å². The first-order chi connectivity index (χ1) is 11.6. The van der Waals surface area contributed by atoms with Crippen LogP contribution in [0.2, 0.25) is 0 Å². The summed E-state index contributed by atoms with van der Waals surface area (Å²) in [6.45, 7) is 0.623. The van der Waals surface area contributed by atoms with E-state index in [1.165, 1.54) is 10.5 Å². The number of sulfone groups is 1. The molecule has 0 bridgehead atoms. The molecular formula is C17H17N3O3S. The molecule has 1 aromatic carbocycles. The van der Waals surface area contributed by atoms with Gasteiger partial charge in [-0.3, -0.25) is 9.20 Å². The van der Waals surface area contributed by atoms with Crippen LogP contribution in [0.15, 0.2) is 70.5 Å². The number of benzene rings is 1. The van der Waals surface area contributed by atoms with Crippen molar-refractivity contribution in [2.45, 2.75) is 11.4 Å². The summed E-state index contributed by atoms with van der Waals surface area (Å²) in [5.74, 6) is -0.0103. The van der Waals surface area contributed by atoms with E-state index in [1.54, 1.807) is 48.7 Å². The first kappa shape index (κ1) is 16.4. The molecule has 0 amide bonds. The van der Waals surface area contributed by atoms with Crippen molar-refractivity contribution >= 4 is 15.5 Å². The molecule has 0 unspecified atom stereocenters. The molecule has 0 spiro atoms. The maximum absolute atomic E-state index is 12.2. The molecule has 1 N–H and O–H groups in total. The normalized spacial score (nSPS) is 11.7. The van der Waals surface area contributed by atoms with Gasteiger partial charge in [0.2, 0.25) is 0 Å². The Labute approximate surface area is 139 Å². The van der Waals surface area contributed by atoms with Gasteiger partial charge in [0.05, 0.1) is 16.3 Å². The summed E-state index contributed by atoms with van der Waals surface area (Å²) < 4.78 is 25.8. The third kappa shape index (κ3) is 3.69. The molecule has 3 aromatic rings. The molecule has 6 nitrogen and oxygen atoms in total. The number of nitrogens with one attached hydrogen (secondary N) is 1. The monoisotopic (exact) mass is 343 g/mol. The first-order valence-electron chi connectivity index (χ1n) is 7.52. The smallest absolute Gasteiger partial charge is 0.258 e. The van der Waals surface area contributed by atoms with Crippen LogP contribution in [0.1, 0.15) is 5.69 Å². The Kier molecular flexibility index (Phi) is 4.73. The van der Waals surface area contributed by atoms with E-state index >= 15 is 0 Å². The predicted molar refractivity (Wildman–Crippen MR) is 91.7 cm³/mol. The average molecular weight is 343 g/mol. The summed E-state index contributed by atoms with van der Waals surface area (Å²) >= 11 is 0. The van der Waals surface area contributed by atoms with E-state index in [4.69, 9.17) is 0 Å². The van der Waals surface area contributed by atoms with Gasteiger partial charge < -0.3 is 5.32 Å². The Hall–Kier alpha value is -2.51. The minimum Gasteiger partial charge on any atom is -0.310 e. The van der Waals surface area contributed by atoms with E-state index in [0.717, 1.165) is 0 Å². The van der Waals surface area contributed by atoms with E-state index < -0.39 is 9.84 Å². The fraction of sp³-hybridized carbons (Fsp3) is 0.176. The van der Waals surface area contributed by atoms with Crippen molar-refractivity contribution in [3.8, 4) is 0 Å². The average Bonchev–Trinajstić information content (AvgIpc) is 2.60. The van der Waals surface area contributed by atoms with Crippen LogP contribution in [-0.4, -0.2) is 30.1 Å². The summed E-state index contributed by atoms with van der Waals surface area (Å²) in [6, 6.07) is 15.1. The Bertz CT molecular complexity index is 998. The lowest BCUT2D eigenvalue weighted by Gasteiger charge is -2.07. The Balaban J connectivity index is 1.62. The quantitative estimate of drug-likeness (QED) is 0.682. The van der Waals surface area contributed by atoms with Gasteiger partial charge in [0.1, 0.15) is 5.65 Å². The van der Waals surface area contributed by atoms with Crippen LogP contribution in [0, 0.1) is 0 Å². The van der Waals surface area contributed by atoms with Crippen molar-refractivity contribution in [2.75, 3.05) is 12.3 Å². The van der Waals surface area contributed by atoms with E-state index in [2.05, 4.69) is 10.3 Å². The lowest BCUT2D eigenvalue weighted by Crippen LogP contribution is -2.24. The number of aromatic nitrogens is 2. The van der Waals surface area contributed by atoms with Crippen LogP contribution >= 0.6 is 0 Å². The van der Waals surface area contributed by atoms with Crippen LogP contribution < -0.4 is 10.9 Å². The molecule has 0 radical (unpaired) electrons. The van der Waals surface area contributed by atoms with E-state index in [1.807, 2.05) is 6.07 Å². The van der Waals surface area contributed by atoms with Gasteiger partial charge in [-0.05, 0) is 24.3 Å². The van der Waals surface area contributed by atoms with Crippen LogP contribution in [0.25, 0.3) is 5.65 Å². The summed E-state index contributed by atoms with van der Waals surface area (Å²) in [6.07, 6.45) is 1.66. The SMILES string of the molecule is O=c1cc(CNCCS(=O)(=O)c2ccccc2)nc2ccccn12. The molecule has 0 saturated heterocycles. The second-order valence-corrected chi connectivity index (χ2v) is 7.43. The van der Waals surface area contributed by atoms with Gasteiger partial charge in [-0.25, -0.2) is 13.4 Å². The number of hydrogen-bond acceptors (Lipinski definition) is 5. The number of pyridine rings is 1. The molecule has 0 aliphatic rings. The highest BCUT2D eigenvalue weighted by atomic mass is 32.2. The fourth-order valence-corrected chi connectivity index (χ4v) is 3.58. The molecular weight excluding hydrogens is 326 g/mol. The molecule has 124 valence electrons. The molecule has 0 saturated carbocycles. The number of nitrogens with zero attached hydrogens (tertiary/aromatic N) is 2. The van der Waals surface area contributed by atoms with Crippen LogP contribution in [0.5, 0.6) is 0 Å². The summed E-state index contributed by atoms with van der Waals surface area (Å²) in [7, 11) is -3.31. The third-order valence-corrected chi connectivity index (χ3v) is 5.31. The van der Waals surface area contributed by atoms with Gasteiger partial charge >= 0.3 is 0 Å². The Morgan fingerprint density at radius 3 is 2.58 bits per heavy atom. The second kappa shape index (κ2) is 6.94. The van der Waals surface area contributed by atoms with E-state index in [-0.39, 0.29) is 17.9 Å². The summed E-state index contributed by atoms with van der Waals surface area (Å²) in [5, 5.41) is 3.03. The second-order valence-electron chi connectivity index (χ2n) is 5.32. The highest BCUT2D eigenvalue weighted by molar-refractivity contribution is 7.91. The molecule has 2 aromatic heterocycles. The van der Waals surface area contributed by atoms with Crippen LogP contribution in [-0.2, 0) is 16.4 Å². The number of rotatable bonds is 6. The highest BCUT2D eigenvalue weighted by Gasteiger charge is 2.13. The van der Waals surface area contributed by atoms with E-state index in [9.17, 15) is 13.2 Å². The van der Waals surface area contributed by atoms with Crippen molar-refractivity contribution in [1.29, 1.82) is 0 Å². The summed E-state index contributed by atoms with van der Waals surface area (Å²) in [5.41, 5.74) is 0.997. The molecule has 24 heavy (non-hydrogen) atoms. The molecule has 3 rings (SSSR count). The van der Waals surface area contributed by atoms with E-state index in [0.29, 0.717) is 22.8 Å². The molecule has 0 aliphatic heterocycles. The predicted octanol–water partition coefficient (Wildman–Crippen LogP) is 1.26. The first-order valence-corrected chi connectivity index (χ1v) is 9.17. The molecule has 0 atom stereocenters. The molecule has 0 fully saturated rings. The zero-order valence-electron chi connectivity index (χ0n) is 12.9. The number of fused-ring (bicyclic) bond motifs is 1.